The molecule has 0 unspecified atom stereocenters. The summed E-state index contributed by atoms with van der Waals surface area (Å²) in [4.78, 5) is 40.3. The highest BCUT2D eigenvalue weighted by Crippen LogP contribution is 2.31. The third-order valence-electron chi connectivity index (χ3n) is 5.84. The molecule has 0 saturated carbocycles. The predicted octanol–water partition coefficient (Wildman–Crippen LogP) is 4.06. The molecule has 0 spiro atoms. The maximum Gasteiger partial charge on any atom is 0.416 e. The second-order valence-electron chi connectivity index (χ2n) is 8.50. The average Bonchev–Trinajstić information content (AvgIpc) is 2.95. The van der Waals surface area contributed by atoms with Crippen molar-refractivity contribution < 1.29 is 38.1 Å². The maximum absolute atomic E-state index is 12.9. The summed E-state index contributed by atoms with van der Waals surface area (Å²) in [6, 6.07) is 21.0. The van der Waals surface area contributed by atoms with Gasteiger partial charge in [0, 0.05) is 6.54 Å². The van der Waals surface area contributed by atoms with Crippen molar-refractivity contribution in [3.8, 4) is 23.0 Å². The molecule has 0 saturated heterocycles. The molecule has 10 nitrogen and oxygen atoms in total. The van der Waals surface area contributed by atoms with Crippen LogP contribution in [-0.4, -0.2) is 62.9 Å². The first kappa shape index (κ1) is 27.3. The van der Waals surface area contributed by atoms with E-state index in [2.05, 4.69) is 0 Å². The smallest absolute Gasteiger partial charge is 0.416 e. The molecular weight excluding hydrogens is 504 g/mol. The number of amides is 2. The fourth-order valence-corrected chi connectivity index (χ4v) is 3.92. The molecule has 0 N–H and O–H groups in total. The van der Waals surface area contributed by atoms with Gasteiger partial charge in [-0.15, -0.1) is 0 Å². The van der Waals surface area contributed by atoms with Crippen LogP contribution in [0.3, 0.4) is 0 Å². The Hall–Kier alpha value is -4.73. The molecule has 10 heteroatoms. The molecular formula is C29H30N2O8. The van der Waals surface area contributed by atoms with Crippen molar-refractivity contribution in [2.45, 2.75) is 13.5 Å². The summed E-state index contributed by atoms with van der Waals surface area (Å²) < 4.78 is 26.9. The quantitative estimate of drug-likeness (QED) is 0.339. The number of hydrogen-bond acceptors (Lipinski definition) is 8. The number of para-hydroxylation sites is 2. The van der Waals surface area contributed by atoms with E-state index in [1.807, 2.05) is 24.3 Å². The zero-order valence-corrected chi connectivity index (χ0v) is 21.8. The van der Waals surface area contributed by atoms with Crippen LogP contribution in [0, 0.1) is 0 Å². The van der Waals surface area contributed by atoms with Crippen LogP contribution in [0.5, 0.6) is 23.0 Å². The van der Waals surface area contributed by atoms with Gasteiger partial charge in [-0.3, -0.25) is 14.5 Å². The van der Waals surface area contributed by atoms with Gasteiger partial charge in [-0.05, 0) is 61.0 Å². The van der Waals surface area contributed by atoms with Gasteiger partial charge < -0.3 is 28.6 Å². The molecule has 3 aromatic carbocycles. The van der Waals surface area contributed by atoms with Gasteiger partial charge in [0.1, 0.15) is 36.1 Å². The molecule has 39 heavy (non-hydrogen) atoms. The number of esters is 1. The van der Waals surface area contributed by atoms with Gasteiger partial charge in [0.15, 0.2) is 6.61 Å². The van der Waals surface area contributed by atoms with Crippen molar-refractivity contribution in [3.63, 3.8) is 0 Å². The number of fused-ring (bicyclic) bond motifs is 1. The number of hydrogen-bond donors (Lipinski definition) is 0. The van der Waals surface area contributed by atoms with E-state index in [-0.39, 0.29) is 38.8 Å². The number of benzene rings is 3. The first-order chi connectivity index (χ1) is 19.0. The van der Waals surface area contributed by atoms with Crippen LogP contribution in [0.4, 0.5) is 10.5 Å². The fourth-order valence-electron chi connectivity index (χ4n) is 3.92. The van der Waals surface area contributed by atoms with Crippen LogP contribution in [0.25, 0.3) is 0 Å². The van der Waals surface area contributed by atoms with Gasteiger partial charge >= 0.3 is 12.1 Å². The van der Waals surface area contributed by atoms with E-state index in [0.717, 1.165) is 11.3 Å². The lowest BCUT2D eigenvalue weighted by Gasteiger charge is -2.29. The van der Waals surface area contributed by atoms with E-state index in [1.165, 1.54) is 4.90 Å². The van der Waals surface area contributed by atoms with E-state index in [0.29, 0.717) is 29.5 Å². The highest BCUT2D eigenvalue weighted by Gasteiger charge is 2.25. The minimum atomic E-state index is -0.691. The van der Waals surface area contributed by atoms with E-state index in [9.17, 15) is 14.4 Å². The molecule has 0 radical (unpaired) electrons. The number of nitrogens with zero attached hydrogens (tertiary/aromatic N) is 2. The number of carbonyl (C=O) groups is 3. The van der Waals surface area contributed by atoms with Crippen LogP contribution < -0.4 is 23.8 Å². The summed E-state index contributed by atoms with van der Waals surface area (Å²) in [5.41, 5.74) is 1.48. The summed E-state index contributed by atoms with van der Waals surface area (Å²) >= 11 is 0. The van der Waals surface area contributed by atoms with Gasteiger partial charge in [0.05, 0.1) is 25.9 Å². The third-order valence-corrected chi connectivity index (χ3v) is 5.84. The predicted molar refractivity (Wildman–Crippen MR) is 142 cm³/mol. The van der Waals surface area contributed by atoms with Gasteiger partial charge in [0.25, 0.3) is 5.91 Å². The number of anilines is 1. The molecule has 0 fully saturated rings. The second kappa shape index (κ2) is 13.2. The van der Waals surface area contributed by atoms with Gasteiger partial charge in [-0.2, -0.15) is 0 Å². The monoisotopic (exact) mass is 534 g/mol. The number of ether oxygens (including phenoxy) is 5. The summed E-state index contributed by atoms with van der Waals surface area (Å²) in [6.07, 6.45) is -0.691. The van der Waals surface area contributed by atoms with Crippen molar-refractivity contribution in [2.75, 3.05) is 44.9 Å². The molecule has 1 heterocycles. The standard InChI is InChI=1S/C29H30N2O8/c1-3-36-28(33)19-30(29(34)39-24-14-12-22(35-2)13-15-24)18-21-8-10-23(11-9-21)37-17-16-31-25-6-4-5-7-26(25)38-20-27(31)32/h4-15H,3,16-20H2,1-2H3. The minimum absolute atomic E-state index is 0.00505. The molecule has 0 atom stereocenters. The molecule has 204 valence electrons. The molecule has 1 aliphatic rings. The largest absolute Gasteiger partial charge is 0.497 e. The summed E-state index contributed by atoms with van der Waals surface area (Å²) in [5.74, 6) is 1.55. The van der Waals surface area contributed by atoms with E-state index < -0.39 is 12.1 Å². The Morgan fingerprint density at radius 1 is 0.949 bits per heavy atom. The van der Waals surface area contributed by atoms with Gasteiger partial charge in [-0.25, -0.2) is 4.79 Å². The average molecular weight is 535 g/mol. The Morgan fingerprint density at radius 3 is 2.36 bits per heavy atom. The van der Waals surface area contributed by atoms with Gasteiger partial charge in [-0.1, -0.05) is 24.3 Å². The van der Waals surface area contributed by atoms with Crippen LogP contribution in [0.1, 0.15) is 12.5 Å². The number of rotatable bonds is 11. The van der Waals surface area contributed by atoms with Crippen molar-refractivity contribution in [2.24, 2.45) is 0 Å². The second-order valence-corrected chi connectivity index (χ2v) is 8.50. The Balaban J connectivity index is 1.35. The first-order valence-corrected chi connectivity index (χ1v) is 12.5. The SMILES string of the molecule is CCOC(=O)CN(Cc1ccc(OCCN2C(=O)COc3ccccc32)cc1)C(=O)Oc1ccc(OC)cc1. The fraction of sp³-hybridized carbons (Fsp3) is 0.276. The summed E-state index contributed by atoms with van der Waals surface area (Å²) in [7, 11) is 1.54. The lowest BCUT2D eigenvalue weighted by atomic mass is 10.2. The van der Waals surface area contributed by atoms with Crippen LogP contribution in [-0.2, 0) is 20.9 Å². The van der Waals surface area contributed by atoms with E-state index in [1.54, 1.807) is 67.5 Å². The van der Waals surface area contributed by atoms with E-state index in [4.69, 9.17) is 23.7 Å². The number of methoxy groups -OCH3 is 1. The first-order valence-electron chi connectivity index (χ1n) is 12.5. The zero-order valence-electron chi connectivity index (χ0n) is 21.8. The summed E-state index contributed by atoms with van der Waals surface area (Å²) in [6.45, 7) is 2.39. The third kappa shape index (κ3) is 7.41. The van der Waals surface area contributed by atoms with Crippen LogP contribution in [0.2, 0.25) is 0 Å². The Morgan fingerprint density at radius 2 is 1.64 bits per heavy atom. The Kier molecular flexibility index (Phi) is 9.23. The van der Waals surface area contributed by atoms with E-state index >= 15 is 0 Å². The van der Waals surface area contributed by atoms with Crippen molar-refractivity contribution >= 4 is 23.7 Å². The molecule has 4 rings (SSSR count). The molecule has 2 amide bonds. The van der Waals surface area contributed by atoms with Crippen molar-refractivity contribution in [3.05, 3.63) is 78.4 Å². The highest BCUT2D eigenvalue weighted by atomic mass is 16.6. The van der Waals surface area contributed by atoms with Crippen molar-refractivity contribution in [1.29, 1.82) is 0 Å². The summed E-state index contributed by atoms with van der Waals surface area (Å²) in [5, 5.41) is 0. The Bertz CT molecular complexity index is 1280. The zero-order chi connectivity index (χ0) is 27.6. The minimum Gasteiger partial charge on any atom is -0.497 e. The van der Waals surface area contributed by atoms with Crippen molar-refractivity contribution in [1.82, 2.24) is 4.90 Å². The highest BCUT2D eigenvalue weighted by molar-refractivity contribution is 5.97. The molecule has 0 aromatic heterocycles. The molecule has 3 aromatic rings. The lowest BCUT2D eigenvalue weighted by Crippen LogP contribution is -2.41. The van der Waals surface area contributed by atoms with Crippen LogP contribution >= 0.6 is 0 Å². The molecule has 0 aliphatic carbocycles. The maximum atomic E-state index is 12.9. The normalized spacial score (nSPS) is 12.2. The molecule has 1 aliphatic heterocycles. The van der Waals surface area contributed by atoms with Gasteiger partial charge in [0.2, 0.25) is 0 Å². The molecule has 0 bridgehead atoms. The lowest BCUT2D eigenvalue weighted by molar-refractivity contribution is -0.144. The van der Waals surface area contributed by atoms with Crippen LogP contribution in [0.15, 0.2) is 72.8 Å². The number of carbonyl (C=O) groups excluding carboxylic acids is 3. The Labute approximate surface area is 226 Å². The topological polar surface area (TPSA) is 104 Å².